The van der Waals surface area contributed by atoms with Gasteiger partial charge in [0.15, 0.2) is 17.3 Å². The Bertz CT molecular complexity index is 1130. The molecule has 1 aromatic carbocycles. The van der Waals surface area contributed by atoms with E-state index in [0.29, 0.717) is 24.1 Å². The van der Waals surface area contributed by atoms with Crippen LogP contribution in [0.5, 0.6) is 11.5 Å². The van der Waals surface area contributed by atoms with Crippen LogP contribution in [0.1, 0.15) is 18.4 Å². The minimum absolute atomic E-state index is 0.0710. The normalized spacial score (nSPS) is 17.8. The molecule has 0 bridgehead atoms. The number of nitrogens with one attached hydrogen (secondary N) is 1. The third-order valence-electron chi connectivity index (χ3n) is 4.94. The zero-order valence-corrected chi connectivity index (χ0v) is 14.7. The van der Waals surface area contributed by atoms with Crippen molar-refractivity contribution in [2.75, 3.05) is 5.32 Å². The lowest BCUT2D eigenvalue weighted by molar-refractivity contribution is -0.286. The quantitative estimate of drug-likeness (QED) is 0.677. The second kappa shape index (κ2) is 5.97. The van der Waals surface area contributed by atoms with Crippen molar-refractivity contribution >= 4 is 11.7 Å². The second-order valence-electron chi connectivity index (χ2n) is 6.85. The van der Waals surface area contributed by atoms with Crippen LogP contribution in [0.2, 0.25) is 0 Å². The van der Waals surface area contributed by atoms with Crippen molar-refractivity contribution in [2.24, 2.45) is 0 Å². The number of alkyl halides is 2. The number of carbonyl (C=O) groups is 1. The highest BCUT2D eigenvalue weighted by molar-refractivity contribution is 6.01. The first kappa shape index (κ1) is 17.5. The summed E-state index contributed by atoms with van der Waals surface area (Å²) in [4.78, 5) is 16.4. The van der Waals surface area contributed by atoms with Crippen LogP contribution in [0.25, 0.3) is 5.69 Å². The van der Waals surface area contributed by atoms with Crippen molar-refractivity contribution in [3.63, 3.8) is 0 Å². The molecule has 7 nitrogen and oxygen atoms in total. The van der Waals surface area contributed by atoms with Crippen molar-refractivity contribution in [3.8, 4) is 17.2 Å². The fourth-order valence-electron chi connectivity index (χ4n) is 3.32. The Morgan fingerprint density at radius 3 is 2.66 bits per heavy atom. The summed E-state index contributed by atoms with van der Waals surface area (Å²) in [6, 6.07) is 8.71. The van der Waals surface area contributed by atoms with Gasteiger partial charge in [0.2, 0.25) is 11.9 Å². The Morgan fingerprint density at radius 2 is 1.90 bits per heavy atom. The number of fused-ring (bicyclic) bond motifs is 1. The van der Waals surface area contributed by atoms with Gasteiger partial charge in [0, 0.05) is 24.5 Å². The van der Waals surface area contributed by atoms with E-state index in [-0.39, 0.29) is 23.2 Å². The van der Waals surface area contributed by atoms with Crippen molar-refractivity contribution in [1.82, 2.24) is 14.8 Å². The van der Waals surface area contributed by atoms with Gasteiger partial charge in [-0.15, -0.1) is 8.78 Å². The minimum atomic E-state index is -3.71. The Balaban J connectivity index is 1.36. The molecule has 1 aliphatic carbocycles. The van der Waals surface area contributed by atoms with Gasteiger partial charge in [-0.05, 0) is 36.6 Å². The van der Waals surface area contributed by atoms with Crippen LogP contribution >= 0.6 is 0 Å². The first-order valence-corrected chi connectivity index (χ1v) is 8.74. The van der Waals surface area contributed by atoms with Crippen LogP contribution in [0.15, 0.2) is 48.8 Å². The zero-order chi connectivity index (χ0) is 20.2. The molecule has 10 heteroatoms. The monoisotopic (exact) mass is 402 g/mol. The molecule has 2 aliphatic rings. The number of aromatic nitrogens is 3. The highest BCUT2D eigenvalue weighted by atomic mass is 19.3. The van der Waals surface area contributed by atoms with E-state index in [1.165, 1.54) is 29.1 Å². The van der Waals surface area contributed by atoms with Gasteiger partial charge in [-0.25, -0.2) is 9.67 Å². The number of nitrogens with zero attached hydrogens (tertiary/aromatic N) is 3. The third-order valence-corrected chi connectivity index (χ3v) is 4.94. The summed E-state index contributed by atoms with van der Waals surface area (Å²) in [5, 5.41) is 6.95. The summed E-state index contributed by atoms with van der Waals surface area (Å²) in [5.41, 5.74) is 0.171. The molecule has 1 fully saturated rings. The van der Waals surface area contributed by atoms with Crippen LogP contribution in [-0.2, 0) is 10.2 Å². The summed E-state index contributed by atoms with van der Waals surface area (Å²) >= 11 is 0. The molecular weight excluding hydrogens is 389 g/mol. The van der Waals surface area contributed by atoms with Gasteiger partial charge in [-0.2, -0.15) is 9.49 Å². The summed E-state index contributed by atoms with van der Waals surface area (Å²) in [5.74, 6) is -0.845. The van der Waals surface area contributed by atoms with E-state index in [0.717, 1.165) is 0 Å². The molecule has 5 rings (SSSR count). The molecule has 0 atom stereocenters. The number of rotatable bonds is 4. The lowest BCUT2D eigenvalue weighted by Gasteiger charge is -2.15. The number of pyridine rings is 1. The first-order chi connectivity index (χ1) is 13.8. The number of ether oxygens (including phenoxy) is 2. The summed E-state index contributed by atoms with van der Waals surface area (Å²) in [6.45, 7) is 0. The Kier molecular flexibility index (Phi) is 3.61. The van der Waals surface area contributed by atoms with Crippen LogP contribution in [0, 0.1) is 5.95 Å². The molecule has 148 valence electrons. The second-order valence-corrected chi connectivity index (χ2v) is 6.85. The summed E-state index contributed by atoms with van der Waals surface area (Å²) < 4.78 is 50.0. The van der Waals surface area contributed by atoms with Crippen molar-refractivity contribution < 1.29 is 27.4 Å². The van der Waals surface area contributed by atoms with Gasteiger partial charge in [0.1, 0.15) is 0 Å². The number of benzene rings is 1. The van der Waals surface area contributed by atoms with Gasteiger partial charge in [-0.3, -0.25) is 4.79 Å². The largest absolute Gasteiger partial charge is 0.586 e. The van der Waals surface area contributed by atoms with E-state index < -0.39 is 17.7 Å². The number of hydrogen-bond donors (Lipinski definition) is 1. The smallest absolute Gasteiger partial charge is 0.395 e. The molecule has 1 aliphatic heterocycles. The third kappa shape index (κ3) is 3.06. The van der Waals surface area contributed by atoms with Gasteiger partial charge < -0.3 is 14.8 Å². The molecule has 29 heavy (non-hydrogen) atoms. The lowest BCUT2D eigenvalue weighted by Crippen LogP contribution is -2.28. The van der Waals surface area contributed by atoms with Crippen molar-refractivity contribution in [3.05, 3.63) is 60.3 Å². The molecule has 2 aromatic heterocycles. The molecule has 0 radical (unpaired) electrons. The summed E-state index contributed by atoms with van der Waals surface area (Å²) in [7, 11) is 0. The number of carbonyl (C=O) groups excluding carboxylic acids is 1. The Hall–Kier alpha value is -3.56. The highest BCUT2D eigenvalue weighted by Crippen LogP contribution is 2.52. The molecule has 3 aromatic rings. The van der Waals surface area contributed by atoms with E-state index in [2.05, 4.69) is 24.9 Å². The molecule has 0 saturated heterocycles. The molecule has 0 unspecified atom stereocenters. The van der Waals surface area contributed by atoms with Crippen LogP contribution in [0.3, 0.4) is 0 Å². The van der Waals surface area contributed by atoms with E-state index in [9.17, 15) is 18.0 Å². The van der Waals surface area contributed by atoms with Crippen LogP contribution < -0.4 is 14.8 Å². The fourth-order valence-corrected chi connectivity index (χ4v) is 3.32. The van der Waals surface area contributed by atoms with Crippen LogP contribution in [0.4, 0.5) is 19.0 Å². The molecule has 0 spiro atoms. The fraction of sp³-hybridized carbons (Fsp3) is 0.211. The van der Waals surface area contributed by atoms with E-state index >= 15 is 0 Å². The maximum absolute atomic E-state index is 13.3. The van der Waals surface area contributed by atoms with Gasteiger partial charge in [0.05, 0.1) is 11.1 Å². The van der Waals surface area contributed by atoms with E-state index in [1.807, 2.05) is 0 Å². The number of amides is 1. The molecular formula is C19H13F3N4O3. The zero-order valence-electron chi connectivity index (χ0n) is 14.7. The van der Waals surface area contributed by atoms with Gasteiger partial charge in [0.25, 0.3) is 0 Å². The van der Waals surface area contributed by atoms with E-state index in [1.54, 1.807) is 24.4 Å². The van der Waals surface area contributed by atoms with Crippen molar-refractivity contribution in [2.45, 2.75) is 24.6 Å². The maximum atomic E-state index is 13.3. The topological polar surface area (TPSA) is 78.3 Å². The average Bonchev–Trinajstić information content (AvgIpc) is 3.25. The minimum Gasteiger partial charge on any atom is -0.395 e. The van der Waals surface area contributed by atoms with Crippen molar-refractivity contribution in [1.29, 1.82) is 0 Å². The number of hydrogen-bond acceptors (Lipinski definition) is 5. The molecule has 1 N–H and O–H groups in total. The number of anilines is 1. The van der Waals surface area contributed by atoms with Gasteiger partial charge in [-0.1, -0.05) is 6.07 Å². The van der Waals surface area contributed by atoms with Gasteiger partial charge >= 0.3 is 6.29 Å². The number of halogens is 3. The Labute approximate surface area is 162 Å². The molecule has 1 amide bonds. The lowest BCUT2D eigenvalue weighted by atomic mass is 9.94. The SMILES string of the molecule is O=C(Nc1ccn(-c2ccnc(F)c2)n1)C1(c2ccc3c(c2)OC(F)(F)O3)CC1. The average molecular weight is 402 g/mol. The Morgan fingerprint density at radius 1 is 1.10 bits per heavy atom. The standard InChI is InChI=1S/C19H13F3N4O3/c20-15-10-12(3-7-23-15)26-8-4-16(25-26)24-17(27)18(5-6-18)11-1-2-13-14(9-11)29-19(21,22)28-13/h1-4,7-10H,5-6H2,(H,24,25,27). The predicted octanol–water partition coefficient (Wildman–Crippen LogP) is 3.40. The predicted molar refractivity (Wildman–Crippen MR) is 93.5 cm³/mol. The summed E-state index contributed by atoms with van der Waals surface area (Å²) in [6.07, 6.45) is 0.301. The van der Waals surface area contributed by atoms with E-state index in [4.69, 9.17) is 0 Å². The highest BCUT2D eigenvalue weighted by Gasteiger charge is 2.53. The molecule has 3 heterocycles. The molecule has 1 saturated carbocycles. The first-order valence-electron chi connectivity index (χ1n) is 8.74. The van der Waals surface area contributed by atoms with Crippen LogP contribution in [-0.4, -0.2) is 27.0 Å². The maximum Gasteiger partial charge on any atom is 0.586 e.